The Morgan fingerprint density at radius 3 is 2.85 bits per heavy atom. The fraction of sp³-hybridized carbons (Fsp3) is 0.211. The molecular formula is C19H18N4O3. The van der Waals surface area contributed by atoms with Gasteiger partial charge in [0.15, 0.2) is 11.5 Å². The van der Waals surface area contributed by atoms with Crippen LogP contribution in [0.2, 0.25) is 0 Å². The van der Waals surface area contributed by atoms with Crippen LogP contribution >= 0.6 is 0 Å². The smallest absolute Gasteiger partial charge is 0.255 e. The zero-order valence-corrected chi connectivity index (χ0v) is 14.3. The van der Waals surface area contributed by atoms with Crippen LogP contribution in [-0.4, -0.2) is 33.9 Å². The number of amides is 1. The maximum atomic E-state index is 12.5. The van der Waals surface area contributed by atoms with Gasteiger partial charge in [-0.05, 0) is 23.8 Å². The van der Waals surface area contributed by atoms with Crippen molar-refractivity contribution in [1.29, 1.82) is 0 Å². The van der Waals surface area contributed by atoms with E-state index in [9.17, 15) is 4.79 Å². The molecule has 3 aromatic rings. The second-order valence-electron chi connectivity index (χ2n) is 5.97. The van der Waals surface area contributed by atoms with Gasteiger partial charge in [-0.3, -0.25) is 14.5 Å². The van der Waals surface area contributed by atoms with Gasteiger partial charge in [-0.1, -0.05) is 12.1 Å². The molecule has 1 amide bonds. The van der Waals surface area contributed by atoms with E-state index in [1.165, 1.54) is 0 Å². The molecule has 0 spiro atoms. The SMILES string of the molecule is Cn1cc(-c2ccc(CNC(=O)c3cccc4c3OCCO4)cn2)cn1. The van der Waals surface area contributed by atoms with Crippen molar-refractivity contribution in [3.05, 3.63) is 60.0 Å². The molecule has 1 aliphatic rings. The zero-order valence-electron chi connectivity index (χ0n) is 14.3. The van der Waals surface area contributed by atoms with Gasteiger partial charge in [0.25, 0.3) is 5.91 Å². The van der Waals surface area contributed by atoms with Gasteiger partial charge in [0.1, 0.15) is 13.2 Å². The summed E-state index contributed by atoms with van der Waals surface area (Å²) >= 11 is 0. The molecule has 0 saturated heterocycles. The van der Waals surface area contributed by atoms with Crippen molar-refractivity contribution in [2.24, 2.45) is 7.05 Å². The van der Waals surface area contributed by atoms with Gasteiger partial charge in [-0.2, -0.15) is 5.10 Å². The molecule has 0 aliphatic carbocycles. The Morgan fingerprint density at radius 2 is 2.08 bits per heavy atom. The van der Waals surface area contributed by atoms with Gasteiger partial charge in [0.05, 0.1) is 17.5 Å². The van der Waals surface area contributed by atoms with Crippen LogP contribution in [0.25, 0.3) is 11.3 Å². The molecule has 0 fully saturated rings. The maximum Gasteiger partial charge on any atom is 0.255 e. The summed E-state index contributed by atoms with van der Waals surface area (Å²) in [5.74, 6) is 0.899. The fourth-order valence-electron chi connectivity index (χ4n) is 2.78. The first-order valence-electron chi connectivity index (χ1n) is 8.31. The van der Waals surface area contributed by atoms with Gasteiger partial charge in [-0.25, -0.2) is 0 Å². The number of fused-ring (bicyclic) bond motifs is 1. The van der Waals surface area contributed by atoms with Crippen LogP contribution in [0.15, 0.2) is 48.9 Å². The first-order chi connectivity index (χ1) is 12.7. The Hall–Kier alpha value is -3.35. The number of aryl methyl sites for hydroxylation is 1. The highest BCUT2D eigenvalue weighted by molar-refractivity contribution is 5.97. The summed E-state index contributed by atoms with van der Waals surface area (Å²) in [6, 6.07) is 9.17. The highest BCUT2D eigenvalue weighted by Gasteiger charge is 2.20. The summed E-state index contributed by atoms with van der Waals surface area (Å²) < 4.78 is 12.8. The summed E-state index contributed by atoms with van der Waals surface area (Å²) in [6.45, 7) is 1.31. The largest absolute Gasteiger partial charge is 0.486 e. The number of aromatic nitrogens is 3. The third kappa shape index (κ3) is 3.23. The van der Waals surface area contributed by atoms with Gasteiger partial charge < -0.3 is 14.8 Å². The monoisotopic (exact) mass is 350 g/mol. The Morgan fingerprint density at radius 1 is 1.19 bits per heavy atom. The summed E-state index contributed by atoms with van der Waals surface area (Å²) in [6.07, 6.45) is 5.43. The predicted octanol–water partition coefficient (Wildman–Crippen LogP) is 2.18. The molecule has 0 saturated carbocycles. The number of ether oxygens (including phenoxy) is 2. The predicted molar refractivity (Wildman–Crippen MR) is 95.0 cm³/mol. The van der Waals surface area contributed by atoms with Crippen LogP contribution in [0.4, 0.5) is 0 Å². The fourth-order valence-corrected chi connectivity index (χ4v) is 2.78. The number of benzene rings is 1. The van der Waals surface area contributed by atoms with E-state index in [0.29, 0.717) is 36.8 Å². The third-order valence-electron chi connectivity index (χ3n) is 4.09. The van der Waals surface area contributed by atoms with Crippen LogP contribution in [0.3, 0.4) is 0 Å². The minimum atomic E-state index is -0.205. The van der Waals surface area contributed by atoms with Crippen molar-refractivity contribution < 1.29 is 14.3 Å². The minimum Gasteiger partial charge on any atom is -0.486 e. The van der Waals surface area contributed by atoms with E-state index >= 15 is 0 Å². The molecule has 1 N–H and O–H groups in total. The summed E-state index contributed by atoms with van der Waals surface area (Å²) in [7, 11) is 1.87. The Balaban J connectivity index is 1.43. The Labute approximate surface area is 150 Å². The van der Waals surface area contributed by atoms with Crippen molar-refractivity contribution in [3.8, 4) is 22.8 Å². The molecule has 26 heavy (non-hydrogen) atoms. The van der Waals surface area contributed by atoms with Crippen molar-refractivity contribution in [2.75, 3.05) is 13.2 Å². The second kappa shape index (κ2) is 6.87. The Kier molecular flexibility index (Phi) is 4.27. The van der Waals surface area contributed by atoms with Crippen LogP contribution < -0.4 is 14.8 Å². The number of pyridine rings is 1. The molecule has 1 aromatic carbocycles. The van der Waals surface area contributed by atoms with E-state index in [0.717, 1.165) is 16.8 Å². The van der Waals surface area contributed by atoms with Crippen molar-refractivity contribution >= 4 is 5.91 Å². The topological polar surface area (TPSA) is 78.3 Å². The lowest BCUT2D eigenvalue weighted by molar-refractivity contribution is 0.0939. The van der Waals surface area contributed by atoms with Crippen LogP contribution in [0.1, 0.15) is 15.9 Å². The average Bonchev–Trinajstić information content (AvgIpc) is 3.12. The minimum absolute atomic E-state index is 0.205. The Bertz CT molecular complexity index is 934. The summed E-state index contributed by atoms with van der Waals surface area (Å²) in [5.41, 5.74) is 3.18. The lowest BCUT2D eigenvalue weighted by Gasteiger charge is -2.20. The first kappa shape index (κ1) is 16.1. The van der Waals surface area contributed by atoms with Gasteiger partial charge in [0.2, 0.25) is 0 Å². The summed E-state index contributed by atoms with van der Waals surface area (Å²) in [4.78, 5) is 16.9. The quantitative estimate of drug-likeness (QED) is 0.780. The van der Waals surface area contributed by atoms with E-state index in [-0.39, 0.29) is 5.91 Å². The highest BCUT2D eigenvalue weighted by Crippen LogP contribution is 2.33. The lowest BCUT2D eigenvalue weighted by Crippen LogP contribution is -2.25. The van der Waals surface area contributed by atoms with E-state index in [1.54, 1.807) is 35.3 Å². The number of para-hydroxylation sites is 1. The molecule has 0 bridgehead atoms. The van der Waals surface area contributed by atoms with E-state index in [1.807, 2.05) is 25.4 Å². The molecule has 3 heterocycles. The first-order valence-corrected chi connectivity index (χ1v) is 8.31. The molecule has 1 aliphatic heterocycles. The van der Waals surface area contributed by atoms with Crippen molar-refractivity contribution in [2.45, 2.75) is 6.54 Å². The molecule has 7 nitrogen and oxygen atoms in total. The van der Waals surface area contributed by atoms with Crippen molar-refractivity contribution in [1.82, 2.24) is 20.1 Å². The van der Waals surface area contributed by atoms with Crippen molar-refractivity contribution in [3.63, 3.8) is 0 Å². The number of nitrogens with zero attached hydrogens (tertiary/aromatic N) is 3. The highest BCUT2D eigenvalue weighted by atomic mass is 16.6. The third-order valence-corrected chi connectivity index (χ3v) is 4.09. The lowest BCUT2D eigenvalue weighted by atomic mass is 10.1. The molecule has 7 heteroatoms. The number of hydrogen-bond donors (Lipinski definition) is 1. The number of carbonyl (C=O) groups is 1. The van der Waals surface area contributed by atoms with E-state index in [4.69, 9.17) is 9.47 Å². The van der Waals surface area contributed by atoms with E-state index < -0.39 is 0 Å². The van der Waals surface area contributed by atoms with Gasteiger partial charge >= 0.3 is 0 Å². The molecule has 0 unspecified atom stereocenters. The van der Waals surface area contributed by atoms with Crippen LogP contribution in [0, 0.1) is 0 Å². The molecule has 0 atom stereocenters. The van der Waals surface area contributed by atoms with Crippen LogP contribution in [0.5, 0.6) is 11.5 Å². The number of hydrogen-bond acceptors (Lipinski definition) is 5. The van der Waals surface area contributed by atoms with Gasteiger partial charge in [0, 0.05) is 31.5 Å². The number of rotatable bonds is 4. The molecular weight excluding hydrogens is 332 g/mol. The standard InChI is InChI=1S/C19H18N4O3/c1-23-12-14(11-22-23)16-6-5-13(9-20-16)10-21-19(24)15-3-2-4-17-18(15)26-8-7-25-17/h2-6,9,11-12H,7-8,10H2,1H3,(H,21,24). The molecule has 4 rings (SSSR count). The maximum absolute atomic E-state index is 12.5. The second-order valence-corrected chi connectivity index (χ2v) is 5.97. The molecule has 2 aromatic heterocycles. The summed E-state index contributed by atoms with van der Waals surface area (Å²) in [5, 5.41) is 7.04. The molecule has 132 valence electrons. The van der Waals surface area contributed by atoms with Crippen LogP contribution in [-0.2, 0) is 13.6 Å². The zero-order chi connectivity index (χ0) is 17.9. The number of carbonyl (C=O) groups excluding carboxylic acids is 1. The average molecular weight is 350 g/mol. The normalized spacial score (nSPS) is 12.7. The van der Waals surface area contributed by atoms with Gasteiger partial charge in [-0.15, -0.1) is 0 Å². The molecule has 0 radical (unpaired) electrons. The van der Waals surface area contributed by atoms with E-state index in [2.05, 4.69) is 15.4 Å². The number of nitrogens with one attached hydrogen (secondary N) is 1.